The monoisotopic (exact) mass is 219 g/mol. The molecular formula is C11H17N5. The van der Waals surface area contributed by atoms with Crippen LogP contribution in [0.3, 0.4) is 0 Å². The van der Waals surface area contributed by atoms with E-state index >= 15 is 0 Å². The molecule has 2 heterocycles. The zero-order valence-electron chi connectivity index (χ0n) is 9.72. The first-order valence-corrected chi connectivity index (χ1v) is 5.41. The van der Waals surface area contributed by atoms with Crippen LogP contribution in [0.25, 0.3) is 0 Å². The molecule has 16 heavy (non-hydrogen) atoms. The second-order valence-electron chi connectivity index (χ2n) is 3.93. The first-order valence-electron chi connectivity index (χ1n) is 5.41. The number of aryl methyl sites for hydroxylation is 2. The van der Waals surface area contributed by atoms with Gasteiger partial charge in [-0.1, -0.05) is 0 Å². The highest BCUT2D eigenvalue weighted by molar-refractivity contribution is 5.04. The minimum atomic E-state index is 0.821. The maximum atomic E-state index is 4.30. The topological polar surface area (TPSA) is 47.7 Å². The molecule has 0 aromatic carbocycles. The van der Waals surface area contributed by atoms with E-state index < -0.39 is 0 Å². The second-order valence-corrected chi connectivity index (χ2v) is 3.93. The summed E-state index contributed by atoms with van der Waals surface area (Å²) in [5, 5.41) is 11.8. The molecule has 0 saturated carbocycles. The Morgan fingerprint density at radius 1 is 1.31 bits per heavy atom. The average Bonchev–Trinajstić information content (AvgIpc) is 2.83. The number of hydrogen-bond acceptors (Lipinski definition) is 3. The van der Waals surface area contributed by atoms with E-state index in [9.17, 15) is 0 Å². The predicted octanol–water partition coefficient (Wildman–Crippen LogP) is 0.486. The summed E-state index contributed by atoms with van der Waals surface area (Å²) in [5.41, 5.74) is 2.34. The van der Waals surface area contributed by atoms with Gasteiger partial charge in [0.25, 0.3) is 0 Å². The molecule has 0 radical (unpaired) electrons. The molecule has 2 rings (SSSR count). The fourth-order valence-electron chi connectivity index (χ4n) is 1.61. The van der Waals surface area contributed by atoms with Crippen LogP contribution in [-0.4, -0.2) is 26.1 Å². The zero-order valence-corrected chi connectivity index (χ0v) is 9.72. The van der Waals surface area contributed by atoms with Crippen molar-refractivity contribution in [3.8, 4) is 0 Å². The average molecular weight is 219 g/mol. The molecule has 86 valence electrons. The maximum absolute atomic E-state index is 4.30. The summed E-state index contributed by atoms with van der Waals surface area (Å²) in [5.74, 6) is 0. The summed E-state index contributed by atoms with van der Waals surface area (Å²) in [7, 11) is 3.87. The molecule has 0 bridgehead atoms. The van der Waals surface area contributed by atoms with Crippen molar-refractivity contribution < 1.29 is 0 Å². The molecule has 0 spiro atoms. The van der Waals surface area contributed by atoms with E-state index in [1.165, 1.54) is 5.56 Å². The molecule has 0 fully saturated rings. The summed E-state index contributed by atoms with van der Waals surface area (Å²) < 4.78 is 3.65. The Morgan fingerprint density at radius 2 is 2.19 bits per heavy atom. The smallest absolute Gasteiger partial charge is 0.0762 e. The summed E-state index contributed by atoms with van der Waals surface area (Å²) in [6, 6.07) is 2.02. The summed E-state index contributed by atoms with van der Waals surface area (Å²) >= 11 is 0. The van der Waals surface area contributed by atoms with Crippen LogP contribution < -0.4 is 5.32 Å². The molecule has 2 aromatic rings. The standard InChI is InChI=1S/C11H17N5/c1-15-6-4-11(14-15)8-12-5-3-10-7-13-16(2)9-10/h4,6-7,9,12H,3,5,8H2,1-2H3. The molecule has 1 N–H and O–H groups in total. The molecule has 0 unspecified atom stereocenters. The van der Waals surface area contributed by atoms with Gasteiger partial charge in [-0.2, -0.15) is 10.2 Å². The van der Waals surface area contributed by atoms with Gasteiger partial charge in [0.15, 0.2) is 0 Å². The van der Waals surface area contributed by atoms with Crippen LogP contribution in [0.2, 0.25) is 0 Å². The maximum Gasteiger partial charge on any atom is 0.0762 e. The van der Waals surface area contributed by atoms with E-state index in [0.717, 1.165) is 25.2 Å². The van der Waals surface area contributed by atoms with E-state index in [4.69, 9.17) is 0 Å². The van der Waals surface area contributed by atoms with Crippen molar-refractivity contribution in [3.63, 3.8) is 0 Å². The number of rotatable bonds is 5. The highest BCUT2D eigenvalue weighted by atomic mass is 15.3. The Balaban J connectivity index is 1.69. The quantitative estimate of drug-likeness (QED) is 0.744. The van der Waals surface area contributed by atoms with Gasteiger partial charge >= 0.3 is 0 Å². The summed E-state index contributed by atoms with van der Waals surface area (Å²) in [6.45, 7) is 1.77. The third-order valence-corrected chi connectivity index (χ3v) is 2.42. The summed E-state index contributed by atoms with van der Waals surface area (Å²) in [4.78, 5) is 0. The molecule has 5 heteroatoms. The molecule has 2 aromatic heterocycles. The van der Waals surface area contributed by atoms with Crippen LogP contribution in [0.4, 0.5) is 0 Å². The minimum Gasteiger partial charge on any atom is -0.311 e. The molecule has 5 nitrogen and oxygen atoms in total. The lowest BCUT2D eigenvalue weighted by Gasteiger charge is -2.00. The van der Waals surface area contributed by atoms with Gasteiger partial charge in [-0.3, -0.25) is 9.36 Å². The van der Waals surface area contributed by atoms with Crippen molar-refractivity contribution in [2.24, 2.45) is 14.1 Å². The van der Waals surface area contributed by atoms with Gasteiger partial charge in [0.1, 0.15) is 0 Å². The van der Waals surface area contributed by atoms with Crippen molar-refractivity contribution in [2.45, 2.75) is 13.0 Å². The van der Waals surface area contributed by atoms with Crippen LogP contribution >= 0.6 is 0 Å². The highest BCUT2D eigenvalue weighted by Crippen LogP contribution is 1.97. The normalized spacial score (nSPS) is 10.9. The van der Waals surface area contributed by atoms with Gasteiger partial charge in [-0.25, -0.2) is 0 Å². The van der Waals surface area contributed by atoms with Crippen LogP contribution in [0.15, 0.2) is 24.7 Å². The molecule has 0 amide bonds. The number of aromatic nitrogens is 4. The Morgan fingerprint density at radius 3 is 2.81 bits per heavy atom. The van der Waals surface area contributed by atoms with Gasteiger partial charge in [-0.05, 0) is 24.6 Å². The Bertz CT molecular complexity index is 400. The fraction of sp³-hybridized carbons (Fsp3) is 0.455. The second kappa shape index (κ2) is 4.94. The third-order valence-electron chi connectivity index (χ3n) is 2.42. The van der Waals surface area contributed by atoms with Crippen molar-refractivity contribution in [1.82, 2.24) is 24.9 Å². The van der Waals surface area contributed by atoms with Gasteiger partial charge < -0.3 is 5.32 Å². The largest absolute Gasteiger partial charge is 0.311 e. The van der Waals surface area contributed by atoms with Gasteiger partial charge in [0.2, 0.25) is 0 Å². The van der Waals surface area contributed by atoms with Gasteiger partial charge in [0, 0.05) is 33.0 Å². The third kappa shape index (κ3) is 2.93. The Labute approximate surface area is 95.1 Å². The predicted molar refractivity (Wildman–Crippen MR) is 61.8 cm³/mol. The Hall–Kier alpha value is -1.62. The van der Waals surface area contributed by atoms with Crippen molar-refractivity contribution in [3.05, 3.63) is 35.9 Å². The lowest BCUT2D eigenvalue weighted by atomic mass is 10.2. The van der Waals surface area contributed by atoms with E-state index in [1.54, 1.807) is 0 Å². The lowest BCUT2D eigenvalue weighted by molar-refractivity contribution is 0.654. The molecule has 0 aliphatic rings. The molecule has 0 aliphatic heterocycles. The fourth-order valence-corrected chi connectivity index (χ4v) is 1.61. The first-order chi connectivity index (χ1) is 7.74. The van der Waals surface area contributed by atoms with Crippen molar-refractivity contribution in [1.29, 1.82) is 0 Å². The van der Waals surface area contributed by atoms with Crippen LogP contribution in [-0.2, 0) is 27.1 Å². The SMILES string of the molecule is Cn1cc(CCNCc2ccn(C)n2)cn1. The van der Waals surface area contributed by atoms with Crippen LogP contribution in [0.5, 0.6) is 0 Å². The minimum absolute atomic E-state index is 0.821. The van der Waals surface area contributed by atoms with Crippen LogP contribution in [0, 0.1) is 0 Å². The lowest BCUT2D eigenvalue weighted by Crippen LogP contribution is -2.17. The molecule has 0 aliphatic carbocycles. The number of nitrogens with zero attached hydrogens (tertiary/aromatic N) is 4. The zero-order chi connectivity index (χ0) is 11.4. The van der Waals surface area contributed by atoms with Crippen LogP contribution in [0.1, 0.15) is 11.3 Å². The van der Waals surface area contributed by atoms with Gasteiger partial charge in [0.05, 0.1) is 11.9 Å². The molecule has 0 atom stereocenters. The first kappa shape index (κ1) is 10.9. The van der Waals surface area contributed by atoms with E-state index in [-0.39, 0.29) is 0 Å². The van der Waals surface area contributed by atoms with E-state index in [1.807, 2.05) is 48.1 Å². The number of nitrogens with one attached hydrogen (secondary N) is 1. The molecular weight excluding hydrogens is 202 g/mol. The van der Waals surface area contributed by atoms with Crippen molar-refractivity contribution in [2.75, 3.05) is 6.54 Å². The highest BCUT2D eigenvalue weighted by Gasteiger charge is 1.98. The number of hydrogen-bond donors (Lipinski definition) is 1. The van der Waals surface area contributed by atoms with Gasteiger partial charge in [-0.15, -0.1) is 0 Å². The van der Waals surface area contributed by atoms with E-state index in [2.05, 4.69) is 15.5 Å². The van der Waals surface area contributed by atoms with Crippen molar-refractivity contribution >= 4 is 0 Å². The molecule has 0 saturated heterocycles. The Kier molecular flexibility index (Phi) is 3.36. The summed E-state index contributed by atoms with van der Waals surface area (Å²) in [6.07, 6.45) is 6.91. The van der Waals surface area contributed by atoms with E-state index in [0.29, 0.717) is 0 Å².